The van der Waals surface area contributed by atoms with Crippen LogP contribution in [0.5, 0.6) is 51.7 Å². The Labute approximate surface area is 291 Å². The molecule has 9 N–H and O–H groups in total. The summed E-state index contributed by atoms with van der Waals surface area (Å²) < 4.78 is 0. The number of aromatic hydroxyl groups is 9. The van der Waals surface area contributed by atoms with E-state index in [9.17, 15) is 46.0 Å². The number of hydrogen-bond donors (Lipinski definition) is 9. The van der Waals surface area contributed by atoms with Gasteiger partial charge >= 0.3 is 0 Å². The molecular weight excluding hydrogens is 648 g/mol. The third-order valence-corrected chi connectivity index (χ3v) is 11.2. The standard InChI is InChI=1S/C42H32O9/c43-20-5-1-18(2-6-20)34-37-29(13-24(47)16-32(37)50)41-35(19-3-7-21(44)8-4-19)38-30(14-25(48)17-33(38)51)42(41)39-26-10-9-22(45)11-27(26)36-28(40(34)39)12-23(46)15-31(36)49/h1-17,34-35,39-51H/t34-,35-,39+,40+,41-,42+/m0/s1. The smallest absolute Gasteiger partial charge is 0.127 e. The van der Waals surface area contributed by atoms with Gasteiger partial charge in [0.15, 0.2) is 0 Å². The predicted molar refractivity (Wildman–Crippen MR) is 187 cm³/mol. The zero-order valence-corrected chi connectivity index (χ0v) is 26.8. The maximum absolute atomic E-state index is 12.0. The minimum Gasteiger partial charge on any atom is -0.508 e. The molecule has 9 heteroatoms. The summed E-state index contributed by atoms with van der Waals surface area (Å²) in [4.78, 5) is 0. The molecule has 0 saturated heterocycles. The summed E-state index contributed by atoms with van der Waals surface area (Å²) in [7, 11) is 0. The Balaban J connectivity index is 1.48. The third kappa shape index (κ3) is 4.40. The molecule has 6 aromatic rings. The van der Waals surface area contributed by atoms with Crippen LogP contribution in [0.15, 0.2) is 103 Å². The van der Waals surface area contributed by atoms with E-state index in [1.54, 1.807) is 84.9 Å². The van der Waals surface area contributed by atoms with Gasteiger partial charge < -0.3 is 46.0 Å². The topological polar surface area (TPSA) is 182 Å². The Morgan fingerprint density at radius 2 is 0.725 bits per heavy atom. The number of phenolic OH excluding ortho intramolecular Hbond substituents is 9. The second-order valence-electron chi connectivity index (χ2n) is 13.9. The molecule has 0 aliphatic heterocycles. The molecule has 3 aliphatic carbocycles. The molecule has 254 valence electrons. The van der Waals surface area contributed by atoms with Gasteiger partial charge in [-0.3, -0.25) is 0 Å². The molecule has 51 heavy (non-hydrogen) atoms. The summed E-state index contributed by atoms with van der Waals surface area (Å²) in [6, 6.07) is 26.8. The first-order valence-corrected chi connectivity index (χ1v) is 16.6. The summed E-state index contributed by atoms with van der Waals surface area (Å²) in [5.41, 5.74) is 5.83. The van der Waals surface area contributed by atoms with Gasteiger partial charge in [0, 0.05) is 58.6 Å². The second kappa shape index (κ2) is 10.8. The SMILES string of the molecule is Oc1ccc([C@H]2c3c(O)cc(O)cc3[C@H]3[C@@H](c4ccc(O)cc4)c4c(O)cc(O)cc4[C@@H]3[C@@H]3c4ccc(O)cc4-c4c(O)cc(O)cc4[C@H]23)cc1. The van der Waals surface area contributed by atoms with Gasteiger partial charge in [0.1, 0.15) is 51.7 Å². The number of benzene rings is 6. The average Bonchev–Trinajstić information content (AvgIpc) is 3.34. The number of fused-ring (bicyclic) bond motifs is 12. The van der Waals surface area contributed by atoms with Gasteiger partial charge in [-0.05, 0) is 105 Å². The number of rotatable bonds is 2. The second-order valence-corrected chi connectivity index (χ2v) is 13.9. The Morgan fingerprint density at radius 1 is 0.314 bits per heavy atom. The van der Waals surface area contributed by atoms with Crippen molar-refractivity contribution in [1.82, 2.24) is 0 Å². The molecule has 9 rings (SSSR count). The summed E-state index contributed by atoms with van der Waals surface area (Å²) in [5.74, 6) is -4.77. The molecular formula is C42H32O9. The van der Waals surface area contributed by atoms with E-state index in [0.29, 0.717) is 44.5 Å². The van der Waals surface area contributed by atoms with E-state index in [1.807, 2.05) is 0 Å². The fourth-order valence-electron chi connectivity index (χ4n) is 9.61. The Morgan fingerprint density at radius 3 is 1.25 bits per heavy atom. The van der Waals surface area contributed by atoms with Crippen molar-refractivity contribution < 1.29 is 46.0 Å². The minimum absolute atomic E-state index is 0.0309. The van der Waals surface area contributed by atoms with Crippen molar-refractivity contribution in [3.05, 3.63) is 148 Å². The van der Waals surface area contributed by atoms with Crippen molar-refractivity contribution in [3.8, 4) is 62.9 Å². The van der Waals surface area contributed by atoms with Crippen molar-refractivity contribution in [2.75, 3.05) is 0 Å². The van der Waals surface area contributed by atoms with E-state index < -0.39 is 35.5 Å². The monoisotopic (exact) mass is 680 g/mol. The first-order valence-electron chi connectivity index (χ1n) is 16.6. The number of phenols is 9. The number of hydrogen-bond acceptors (Lipinski definition) is 9. The van der Waals surface area contributed by atoms with E-state index in [1.165, 1.54) is 18.2 Å². The lowest BCUT2D eigenvalue weighted by atomic mass is 9.60. The van der Waals surface area contributed by atoms with Crippen LogP contribution in [0.2, 0.25) is 0 Å². The van der Waals surface area contributed by atoms with Crippen LogP contribution >= 0.6 is 0 Å². The normalized spacial score (nSPS) is 22.4. The fraction of sp³-hybridized carbons (Fsp3) is 0.143. The van der Waals surface area contributed by atoms with Gasteiger partial charge in [-0.1, -0.05) is 30.3 Å². The lowest BCUT2D eigenvalue weighted by molar-refractivity contribution is 0.388. The van der Waals surface area contributed by atoms with Crippen LogP contribution in [0.4, 0.5) is 0 Å². The molecule has 0 saturated carbocycles. The van der Waals surface area contributed by atoms with Gasteiger partial charge in [0.2, 0.25) is 0 Å². The highest BCUT2D eigenvalue weighted by Gasteiger charge is 2.57. The lowest BCUT2D eigenvalue weighted by Gasteiger charge is -2.43. The van der Waals surface area contributed by atoms with Gasteiger partial charge in [0.05, 0.1) is 0 Å². The Kier molecular flexibility index (Phi) is 6.45. The largest absolute Gasteiger partial charge is 0.508 e. The van der Waals surface area contributed by atoms with Gasteiger partial charge in [-0.25, -0.2) is 0 Å². The maximum Gasteiger partial charge on any atom is 0.127 e. The van der Waals surface area contributed by atoms with Crippen LogP contribution in [0.1, 0.15) is 80.0 Å². The zero-order valence-electron chi connectivity index (χ0n) is 26.8. The maximum atomic E-state index is 12.0. The van der Waals surface area contributed by atoms with E-state index in [-0.39, 0.29) is 51.7 Å². The lowest BCUT2D eigenvalue weighted by Crippen LogP contribution is -2.27. The summed E-state index contributed by atoms with van der Waals surface area (Å²) >= 11 is 0. The van der Waals surface area contributed by atoms with Crippen molar-refractivity contribution in [2.45, 2.75) is 35.5 Å². The molecule has 0 bridgehead atoms. The van der Waals surface area contributed by atoms with E-state index in [0.717, 1.165) is 11.1 Å². The molecule has 9 nitrogen and oxygen atoms in total. The van der Waals surface area contributed by atoms with Crippen LogP contribution < -0.4 is 0 Å². The average molecular weight is 681 g/mol. The van der Waals surface area contributed by atoms with Crippen LogP contribution in [0, 0.1) is 0 Å². The van der Waals surface area contributed by atoms with E-state index in [4.69, 9.17) is 0 Å². The fourth-order valence-corrected chi connectivity index (χ4v) is 9.61. The molecule has 0 aromatic heterocycles. The summed E-state index contributed by atoms with van der Waals surface area (Å²) in [5, 5.41) is 99.8. The highest BCUT2D eigenvalue weighted by molar-refractivity contribution is 5.84. The van der Waals surface area contributed by atoms with Crippen LogP contribution in [-0.2, 0) is 0 Å². The quantitative estimate of drug-likeness (QED) is 0.0883. The predicted octanol–water partition coefficient (Wildman–Crippen LogP) is 7.74. The molecule has 0 spiro atoms. The van der Waals surface area contributed by atoms with E-state index in [2.05, 4.69) is 0 Å². The molecule has 6 atom stereocenters. The molecule has 0 radical (unpaired) electrons. The summed E-state index contributed by atoms with van der Waals surface area (Å²) in [6.45, 7) is 0. The molecule has 0 fully saturated rings. The molecule has 0 heterocycles. The van der Waals surface area contributed by atoms with Gasteiger partial charge in [-0.15, -0.1) is 0 Å². The first kappa shape index (κ1) is 30.6. The van der Waals surface area contributed by atoms with Crippen LogP contribution in [0.25, 0.3) is 11.1 Å². The highest BCUT2D eigenvalue weighted by Crippen LogP contribution is 2.72. The third-order valence-electron chi connectivity index (χ3n) is 11.2. The van der Waals surface area contributed by atoms with Crippen molar-refractivity contribution in [1.29, 1.82) is 0 Å². The Hall–Kier alpha value is -6.48. The zero-order chi connectivity index (χ0) is 35.5. The van der Waals surface area contributed by atoms with Crippen LogP contribution in [-0.4, -0.2) is 46.0 Å². The Bertz CT molecular complexity index is 2400. The minimum atomic E-state index is -0.700. The van der Waals surface area contributed by atoms with Crippen molar-refractivity contribution >= 4 is 0 Å². The van der Waals surface area contributed by atoms with Gasteiger partial charge in [-0.2, -0.15) is 0 Å². The highest BCUT2D eigenvalue weighted by atomic mass is 16.3. The molecule has 3 aliphatic rings. The molecule has 6 aromatic carbocycles. The van der Waals surface area contributed by atoms with Gasteiger partial charge in [0.25, 0.3) is 0 Å². The van der Waals surface area contributed by atoms with Crippen molar-refractivity contribution in [2.24, 2.45) is 0 Å². The molecule has 0 amide bonds. The van der Waals surface area contributed by atoms with E-state index >= 15 is 0 Å². The first-order chi connectivity index (χ1) is 24.5. The molecule has 0 unspecified atom stereocenters. The van der Waals surface area contributed by atoms with Crippen molar-refractivity contribution in [3.63, 3.8) is 0 Å². The summed E-state index contributed by atoms with van der Waals surface area (Å²) in [6.07, 6.45) is 0. The van der Waals surface area contributed by atoms with Crippen LogP contribution in [0.3, 0.4) is 0 Å².